The van der Waals surface area contributed by atoms with Gasteiger partial charge in [0.1, 0.15) is 12.4 Å². The number of hydrogen-bond acceptors (Lipinski definition) is 5. The predicted octanol–water partition coefficient (Wildman–Crippen LogP) is 0.766. The number of hydrogen-bond donors (Lipinski definition) is 1. The number of aliphatic hydroxyl groups excluding tert-OH is 1. The largest absolute Gasteiger partial charge is 0.491 e. The Bertz CT molecular complexity index is 526. The molecule has 1 aliphatic rings. The van der Waals surface area contributed by atoms with Crippen LogP contribution in [0.1, 0.15) is 17.3 Å². The van der Waals surface area contributed by atoms with Gasteiger partial charge in [0.05, 0.1) is 11.7 Å². The molecular formula is C18H29N3O3. The number of piperazine rings is 1. The first kappa shape index (κ1) is 18.7. The number of para-hydroxylation sites is 1. The van der Waals surface area contributed by atoms with Crippen molar-refractivity contribution in [2.75, 3.05) is 60.0 Å². The van der Waals surface area contributed by atoms with Gasteiger partial charge in [0, 0.05) is 39.3 Å². The summed E-state index contributed by atoms with van der Waals surface area (Å²) in [5.41, 5.74) is 0.625. The van der Waals surface area contributed by atoms with Crippen LogP contribution in [0.15, 0.2) is 24.3 Å². The summed E-state index contributed by atoms with van der Waals surface area (Å²) in [6.45, 7) is 6.75. The van der Waals surface area contributed by atoms with Gasteiger partial charge in [-0.3, -0.25) is 9.69 Å². The lowest BCUT2D eigenvalue weighted by atomic mass is 10.1. The molecule has 0 saturated carbocycles. The maximum Gasteiger partial charge on any atom is 0.257 e. The number of benzene rings is 1. The molecule has 0 spiro atoms. The number of ether oxygens (including phenoxy) is 1. The molecule has 1 amide bonds. The van der Waals surface area contributed by atoms with E-state index in [1.165, 1.54) is 0 Å². The van der Waals surface area contributed by atoms with Gasteiger partial charge >= 0.3 is 0 Å². The van der Waals surface area contributed by atoms with Gasteiger partial charge in [-0.25, -0.2) is 0 Å². The van der Waals surface area contributed by atoms with Crippen LogP contribution in [0.3, 0.4) is 0 Å². The van der Waals surface area contributed by atoms with Crippen LogP contribution in [0.5, 0.6) is 5.75 Å². The molecule has 0 unspecified atom stereocenters. The highest BCUT2D eigenvalue weighted by Crippen LogP contribution is 2.20. The zero-order valence-corrected chi connectivity index (χ0v) is 14.9. The third-order valence-corrected chi connectivity index (χ3v) is 4.10. The van der Waals surface area contributed by atoms with Crippen LogP contribution in [0.4, 0.5) is 0 Å². The van der Waals surface area contributed by atoms with Crippen molar-refractivity contribution in [1.29, 1.82) is 0 Å². The lowest BCUT2D eigenvalue weighted by Crippen LogP contribution is -2.50. The average Bonchev–Trinajstić information content (AvgIpc) is 2.54. The van der Waals surface area contributed by atoms with Crippen LogP contribution in [0, 0.1) is 0 Å². The monoisotopic (exact) mass is 335 g/mol. The molecule has 6 heteroatoms. The summed E-state index contributed by atoms with van der Waals surface area (Å²) in [7, 11) is 3.99. The Labute approximate surface area is 144 Å². The summed E-state index contributed by atoms with van der Waals surface area (Å²) < 4.78 is 5.80. The van der Waals surface area contributed by atoms with E-state index in [9.17, 15) is 9.90 Å². The van der Waals surface area contributed by atoms with E-state index >= 15 is 0 Å². The van der Waals surface area contributed by atoms with Crippen molar-refractivity contribution in [3.05, 3.63) is 29.8 Å². The number of β-amino-alcohol motifs (C(OH)–C–C–N with tert-alkyl or cyclic N) is 1. The van der Waals surface area contributed by atoms with Crippen LogP contribution in [-0.4, -0.2) is 91.8 Å². The molecule has 1 heterocycles. The molecule has 0 aliphatic carbocycles. The second kappa shape index (κ2) is 9.01. The first-order valence-corrected chi connectivity index (χ1v) is 8.53. The Morgan fingerprint density at radius 1 is 1.25 bits per heavy atom. The molecular weight excluding hydrogens is 306 g/mol. The summed E-state index contributed by atoms with van der Waals surface area (Å²) >= 11 is 0. The van der Waals surface area contributed by atoms with E-state index in [-0.39, 0.29) is 12.0 Å². The van der Waals surface area contributed by atoms with E-state index in [0.29, 0.717) is 37.6 Å². The van der Waals surface area contributed by atoms with Gasteiger partial charge < -0.3 is 19.6 Å². The Morgan fingerprint density at radius 2 is 1.92 bits per heavy atom. The number of nitrogens with zero attached hydrogens (tertiary/aromatic N) is 3. The second-order valence-corrected chi connectivity index (χ2v) is 6.59. The number of aliphatic hydroxyl groups is 1. The van der Waals surface area contributed by atoms with E-state index in [1.54, 1.807) is 6.92 Å². The zero-order valence-electron chi connectivity index (χ0n) is 14.9. The standard InChI is InChI=1S/C18H29N3O3/c1-15(22)14-20-8-10-21(11-9-20)18(23)16-6-4-5-7-17(16)24-13-12-19(2)3/h4-7,15,22H,8-14H2,1-3H3/t15-/m1/s1. The molecule has 1 N–H and O–H groups in total. The molecule has 1 atom stereocenters. The fraction of sp³-hybridized carbons (Fsp3) is 0.611. The van der Waals surface area contributed by atoms with Crippen molar-refractivity contribution in [1.82, 2.24) is 14.7 Å². The fourth-order valence-electron chi connectivity index (χ4n) is 2.78. The minimum absolute atomic E-state index is 0.0205. The molecule has 1 aromatic rings. The number of rotatable bonds is 7. The van der Waals surface area contributed by atoms with E-state index < -0.39 is 0 Å². The minimum atomic E-state index is -0.335. The van der Waals surface area contributed by atoms with E-state index in [0.717, 1.165) is 19.6 Å². The lowest BCUT2D eigenvalue weighted by molar-refractivity contribution is 0.0550. The van der Waals surface area contributed by atoms with Gasteiger partial charge in [-0.1, -0.05) is 12.1 Å². The van der Waals surface area contributed by atoms with Crippen molar-refractivity contribution in [2.45, 2.75) is 13.0 Å². The molecule has 0 bridgehead atoms. The topological polar surface area (TPSA) is 56.3 Å². The SMILES string of the molecule is C[C@@H](O)CN1CCN(C(=O)c2ccccc2OCCN(C)C)CC1. The van der Waals surface area contributed by atoms with Crippen LogP contribution in [-0.2, 0) is 0 Å². The second-order valence-electron chi connectivity index (χ2n) is 6.59. The van der Waals surface area contributed by atoms with E-state index in [4.69, 9.17) is 4.74 Å². The van der Waals surface area contributed by atoms with Crippen molar-refractivity contribution in [3.63, 3.8) is 0 Å². The molecule has 0 radical (unpaired) electrons. The molecule has 24 heavy (non-hydrogen) atoms. The minimum Gasteiger partial charge on any atom is -0.491 e. The predicted molar refractivity (Wildman–Crippen MR) is 94.5 cm³/mol. The molecule has 1 aromatic carbocycles. The first-order valence-electron chi connectivity index (χ1n) is 8.53. The van der Waals surface area contributed by atoms with Crippen molar-refractivity contribution in [3.8, 4) is 5.75 Å². The fourth-order valence-corrected chi connectivity index (χ4v) is 2.78. The quantitative estimate of drug-likeness (QED) is 0.797. The van der Waals surface area contributed by atoms with Crippen LogP contribution >= 0.6 is 0 Å². The summed E-state index contributed by atoms with van der Waals surface area (Å²) in [6, 6.07) is 7.44. The number of carbonyl (C=O) groups is 1. The summed E-state index contributed by atoms with van der Waals surface area (Å²) in [5, 5.41) is 9.47. The Balaban J connectivity index is 1.95. The smallest absolute Gasteiger partial charge is 0.257 e. The van der Waals surface area contributed by atoms with E-state index in [1.807, 2.05) is 48.2 Å². The Hall–Kier alpha value is -1.63. The van der Waals surface area contributed by atoms with Gasteiger partial charge in [-0.2, -0.15) is 0 Å². The van der Waals surface area contributed by atoms with Gasteiger partial charge in [0.25, 0.3) is 5.91 Å². The van der Waals surface area contributed by atoms with Crippen LogP contribution in [0.2, 0.25) is 0 Å². The van der Waals surface area contributed by atoms with Gasteiger partial charge in [-0.05, 0) is 33.2 Å². The molecule has 2 rings (SSSR count). The number of likely N-dealkylation sites (N-methyl/N-ethyl adjacent to an activating group) is 1. The Morgan fingerprint density at radius 3 is 2.54 bits per heavy atom. The molecule has 0 aromatic heterocycles. The average molecular weight is 335 g/mol. The third kappa shape index (κ3) is 5.47. The summed E-state index contributed by atoms with van der Waals surface area (Å²) in [5.74, 6) is 0.669. The maximum absolute atomic E-state index is 12.8. The van der Waals surface area contributed by atoms with Crippen molar-refractivity contribution < 1.29 is 14.6 Å². The highest BCUT2D eigenvalue weighted by Gasteiger charge is 2.24. The molecule has 134 valence electrons. The summed E-state index contributed by atoms with van der Waals surface area (Å²) in [6.07, 6.45) is -0.335. The van der Waals surface area contributed by atoms with Crippen molar-refractivity contribution in [2.24, 2.45) is 0 Å². The van der Waals surface area contributed by atoms with Gasteiger partial charge in [-0.15, -0.1) is 0 Å². The lowest BCUT2D eigenvalue weighted by Gasteiger charge is -2.35. The van der Waals surface area contributed by atoms with Gasteiger partial charge in [0.15, 0.2) is 0 Å². The third-order valence-electron chi connectivity index (χ3n) is 4.10. The summed E-state index contributed by atoms with van der Waals surface area (Å²) in [4.78, 5) is 18.9. The molecule has 1 saturated heterocycles. The van der Waals surface area contributed by atoms with Crippen LogP contribution < -0.4 is 4.74 Å². The molecule has 1 fully saturated rings. The van der Waals surface area contributed by atoms with Crippen LogP contribution in [0.25, 0.3) is 0 Å². The highest BCUT2D eigenvalue weighted by atomic mass is 16.5. The zero-order chi connectivity index (χ0) is 17.5. The molecule has 6 nitrogen and oxygen atoms in total. The van der Waals surface area contributed by atoms with E-state index in [2.05, 4.69) is 4.90 Å². The number of carbonyl (C=O) groups excluding carboxylic acids is 1. The number of amides is 1. The molecule has 1 aliphatic heterocycles. The highest BCUT2D eigenvalue weighted by molar-refractivity contribution is 5.97. The van der Waals surface area contributed by atoms with Gasteiger partial charge in [0.2, 0.25) is 0 Å². The first-order chi connectivity index (χ1) is 11.5. The Kier molecular flexibility index (Phi) is 7.02. The van der Waals surface area contributed by atoms with Crippen molar-refractivity contribution >= 4 is 5.91 Å². The maximum atomic E-state index is 12.8. The normalized spacial score (nSPS) is 17.1.